The monoisotopic (exact) mass is 414 g/mol. The van der Waals surface area contributed by atoms with E-state index < -0.39 is 5.97 Å². The van der Waals surface area contributed by atoms with Gasteiger partial charge in [0.1, 0.15) is 12.2 Å². The molecule has 1 unspecified atom stereocenters. The number of amides is 1. The first-order valence-corrected chi connectivity index (χ1v) is 10.3. The van der Waals surface area contributed by atoms with Crippen molar-refractivity contribution in [3.05, 3.63) is 30.6 Å². The molecule has 30 heavy (non-hydrogen) atoms. The fourth-order valence-corrected chi connectivity index (χ4v) is 3.64. The van der Waals surface area contributed by atoms with Crippen molar-refractivity contribution in [2.75, 3.05) is 32.9 Å². The van der Waals surface area contributed by atoms with Gasteiger partial charge in [0.15, 0.2) is 6.23 Å². The van der Waals surface area contributed by atoms with E-state index >= 15 is 0 Å². The van der Waals surface area contributed by atoms with E-state index in [2.05, 4.69) is 10.1 Å². The summed E-state index contributed by atoms with van der Waals surface area (Å²) >= 11 is 0. The van der Waals surface area contributed by atoms with Gasteiger partial charge in [-0.25, -0.2) is 4.68 Å². The van der Waals surface area contributed by atoms with Crippen molar-refractivity contribution in [2.45, 2.75) is 32.4 Å². The first kappa shape index (κ1) is 20.3. The number of pyridine rings is 1. The molecule has 0 saturated carbocycles. The lowest BCUT2D eigenvalue weighted by molar-refractivity contribution is -0.149. The van der Waals surface area contributed by atoms with Gasteiger partial charge in [-0.15, -0.1) is 0 Å². The Labute approximate surface area is 174 Å². The smallest absolute Gasteiger partial charge is 0.315 e. The third-order valence-electron chi connectivity index (χ3n) is 5.22. The molecule has 0 radical (unpaired) electrons. The average Bonchev–Trinajstić information content (AvgIpc) is 3.49. The Bertz CT molecular complexity index is 878. The molecule has 2 aromatic rings. The molecular formula is C21H26N4O5. The Morgan fingerprint density at radius 1 is 1.30 bits per heavy atom. The van der Waals surface area contributed by atoms with Gasteiger partial charge in [0.25, 0.3) is 0 Å². The lowest BCUT2D eigenvalue weighted by Gasteiger charge is -2.32. The van der Waals surface area contributed by atoms with Gasteiger partial charge in [0.05, 0.1) is 37.4 Å². The number of ether oxygens (including phenoxy) is 3. The zero-order valence-electron chi connectivity index (χ0n) is 17.0. The van der Waals surface area contributed by atoms with Crippen LogP contribution in [0.3, 0.4) is 0 Å². The van der Waals surface area contributed by atoms with E-state index in [-0.39, 0.29) is 31.1 Å². The molecule has 160 valence electrons. The maximum atomic E-state index is 12.3. The quantitative estimate of drug-likeness (QED) is 0.370. The van der Waals surface area contributed by atoms with Crippen molar-refractivity contribution in [3.63, 3.8) is 0 Å². The van der Waals surface area contributed by atoms with E-state index in [1.54, 1.807) is 24.2 Å². The zero-order chi connectivity index (χ0) is 20.9. The number of epoxide rings is 1. The summed E-state index contributed by atoms with van der Waals surface area (Å²) in [6, 6.07) is 5.70. The van der Waals surface area contributed by atoms with Gasteiger partial charge in [-0.1, -0.05) is 0 Å². The molecule has 0 bridgehead atoms. The molecule has 0 N–H and O–H groups in total. The summed E-state index contributed by atoms with van der Waals surface area (Å²) in [5.74, 6) is 0.252. The summed E-state index contributed by atoms with van der Waals surface area (Å²) in [6.45, 7) is 4.45. The van der Waals surface area contributed by atoms with Gasteiger partial charge in [0, 0.05) is 25.2 Å². The maximum absolute atomic E-state index is 12.3. The summed E-state index contributed by atoms with van der Waals surface area (Å²) in [6.07, 6.45) is 5.12. The molecule has 4 rings (SSSR count). The van der Waals surface area contributed by atoms with E-state index in [0.29, 0.717) is 32.1 Å². The molecule has 1 amide bonds. The molecule has 0 aliphatic carbocycles. The Kier molecular flexibility index (Phi) is 6.27. The third-order valence-corrected chi connectivity index (χ3v) is 5.22. The molecule has 9 nitrogen and oxygen atoms in total. The average molecular weight is 414 g/mol. The van der Waals surface area contributed by atoms with E-state index in [1.807, 2.05) is 22.9 Å². The largest absolute Gasteiger partial charge is 0.492 e. The third kappa shape index (κ3) is 4.96. The molecule has 2 saturated heterocycles. The van der Waals surface area contributed by atoms with Gasteiger partial charge in [0.2, 0.25) is 5.91 Å². The van der Waals surface area contributed by atoms with E-state index in [0.717, 1.165) is 24.2 Å². The number of piperidine rings is 1. The number of nitrogens with zero attached hydrogens (tertiary/aromatic N) is 4. The number of rotatable bonds is 8. The summed E-state index contributed by atoms with van der Waals surface area (Å²) in [5.41, 5.74) is 1.72. The van der Waals surface area contributed by atoms with Gasteiger partial charge in [-0.05, 0) is 38.0 Å². The molecule has 0 aromatic carbocycles. The highest BCUT2D eigenvalue weighted by atomic mass is 16.6. The Morgan fingerprint density at radius 3 is 2.90 bits per heavy atom. The highest BCUT2D eigenvalue weighted by Gasteiger charge is 2.28. The lowest BCUT2D eigenvalue weighted by Crippen LogP contribution is -2.42. The summed E-state index contributed by atoms with van der Waals surface area (Å²) < 4.78 is 17.9. The van der Waals surface area contributed by atoms with Crippen LogP contribution in [-0.2, 0) is 19.1 Å². The summed E-state index contributed by atoms with van der Waals surface area (Å²) in [7, 11) is 0. The van der Waals surface area contributed by atoms with E-state index in [1.165, 1.54) is 0 Å². The molecule has 2 aliphatic heterocycles. The van der Waals surface area contributed by atoms with Gasteiger partial charge in [-0.3, -0.25) is 14.6 Å². The fraction of sp³-hybridized carbons (Fsp3) is 0.524. The van der Waals surface area contributed by atoms with Gasteiger partial charge < -0.3 is 19.1 Å². The molecule has 9 heteroatoms. The normalized spacial score (nSPS) is 20.6. The second-order valence-electron chi connectivity index (χ2n) is 7.47. The molecule has 4 heterocycles. The van der Waals surface area contributed by atoms with Crippen LogP contribution < -0.4 is 4.74 Å². The Hall–Kier alpha value is -2.94. The predicted octanol–water partition coefficient (Wildman–Crippen LogP) is 2.04. The highest BCUT2D eigenvalue weighted by Crippen LogP contribution is 2.29. The van der Waals surface area contributed by atoms with E-state index in [9.17, 15) is 9.59 Å². The van der Waals surface area contributed by atoms with Crippen LogP contribution in [0.4, 0.5) is 0 Å². The Balaban J connectivity index is 1.28. The minimum Gasteiger partial charge on any atom is -0.492 e. The number of likely N-dealkylation sites (tertiary alicyclic amines) is 1. The standard InChI is InChI=1S/C21H26N4O5/c1-2-28-21(27)10-19(26)24-9-3-4-15(12-24)13-29-16-5-6-17(22-11-16)18-7-8-23-25(18)20-14-30-20/h5-8,11,15,20H,2-4,9-10,12-14H2,1H3/t15-,20?/m1/s1. The van der Waals surface area contributed by atoms with Crippen LogP contribution in [-0.4, -0.2) is 64.5 Å². The predicted molar refractivity (Wildman–Crippen MR) is 106 cm³/mol. The van der Waals surface area contributed by atoms with Crippen LogP contribution >= 0.6 is 0 Å². The number of esters is 1. The van der Waals surface area contributed by atoms with Crippen LogP contribution in [0.5, 0.6) is 5.75 Å². The van der Waals surface area contributed by atoms with Crippen molar-refractivity contribution >= 4 is 11.9 Å². The molecule has 0 spiro atoms. The van der Waals surface area contributed by atoms with Crippen LogP contribution in [0.25, 0.3) is 11.4 Å². The summed E-state index contributed by atoms with van der Waals surface area (Å²) in [5, 5.41) is 4.28. The number of carbonyl (C=O) groups is 2. The van der Waals surface area contributed by atoms with Gasteiger partial charge in [-0.2, -0.15) is 5.10 Å². The fourth-order valence-electron chi connectivity index (χ4n) is 3.64. The second-order valence-corrected chi connectivity index (χ2v) is 7.47. The number of hydrogen-bond donors (Lipinski definition) is 0. The summed E-state index contributed by atoms with van der Waals surface area (Å²) in [4.78, 5) is 30.1. The number of aromatic nitrogens is 3. The van der Waals surface area contributed by atoms with Crippen molar-refractivity contribution in [1.29, 1.82) is 0 Å². The maximum Gasteiger partial charge on any atom is 0.315 e. The topological polar surface area (TPSA) is 99.1 Å². The highest BCUT2D eigenvalue weighted by molar-refractivity contribution is 5.94. The Morgan fingerprint density at radius 2 is 2.17 bits per heavy atom. The molecule has 2 aliphatic rings. The second kappa shape index (κ2) is 9.25. The van der Waals surface area contributed by atoms with Crippen LogP contribution in [0.15, 0.2) is 30.6 Å². The molecular weight excluding hydrogens is 388 g/mol. The minimum atomic E-state index is -0.471. The van der Waals surface area contributed by atoms with Crippen LogP contribution in [0.1, 0.15) is 32.4 Å². The van der Waals surface area contributed by atoms with Crippen molar-refractivity contribution in [2.24, 2.45) is 5.92 Å². The van der Waals surface area contributed by atoms with Crippen molar-refractivity contribution in [1.82, 2.24) is 19.7 Å². The lowest BCUT2D eigenvalue weighted by atomic mass is 9.98. The first-order valence-electron chi connectivity index (χ1n) is 10.3. The molecule has 2 aromatic heterocycles. The number of carbonyl (C=O) groups excluding carboxylic acids is 2. The number of hydrogen-bond acceptors (Lipinski definition) is 7. The van der Waals surface area contributed by atoms with Gasteiger partial charge >= 0.3 is 5.97 Å². The first-order chi connectivity index (χ1) is 14.6. The van der Waals surface area contributed by atoms with Crippen molar-refractivity contribution in [3.8, 4) is 17.1 Å². The minimum absolute atomic E-state index is 0.00788. The van der Waals surface area contributed by atoms with Crippen molar-refractivity contribution < 1.29 is 23.8 Å². The van der Waals surface area contributed by atoms with Crippen LogP contribution in [0.2, 0.25) is 0 Å². The molecule has 2 atom stereocenters. The molecule has 2 fully saturated rings. The SMILES string of the molecule is CCOC(=O)CC(=O)N1CCC[C@@H](COc2ccc(-c3ccnn3C3CO3)nc2)C1. The zero-order valence-corrected chi connectivity index (χ0v) is 17.0. The van der Waals surface area contributed by atoms with E-state index in [4.69, 9.17) is 14.2 Å². The van der Waals surface area contributed by atoms with Crippen LogP contribution in [0, 0.1) is 5.92 Å².